The third-order valence-electron chi connectivity index (χ3n) is 4.63. The van der Waals surface area contributed by atoms with Crippen LogP contribution in [0.4, 0.5) is 0 Å². The Morgan fingerprint density at radius 3 is 2.76 bits per heavy atom. The molecule has 0 aliphatic heterocycles. The molecule has 1 aromatic carbocycles. The molecule has 0 amide bonds. The Morgan fingerprint density at radius 1 is 1.43 bits per heavy atom. The minimum atomic E-state index is -0.694. The first kappa shape index (κ1) is 16.2. The molecule has 1 aliphatic carbocycles. The molecule has 0 heterocycles. The molecule has 1 aliphatic rings. The summed E-state index contributed by atoms with van der Waals surface area (Å²) < 4.78 is 0. The predicted molar refractivity (Wildman–Crippen MR) is 91.2 cm³/mol. The third-order valence-corrected chi connectivity index (χ3v) is 4.95. The van der Waals surface area contributed by atoms with Crippen molar-refractivity contribution in [3.8, 4) is 0 Å². The molecule has 21 heavy (non-hydrogen) atoms. The van der Waals surface area contributed by atoms with Gasteiger partial charge in [0.25, 0.3) is 0 Å². The van der Waals surface area contributed by atoms with E-state index in [0.717, 1.165) is 37.7 Å². The number of hydrogen-bond donors (Lipinski definition) is 3. The molecule has 3 nitrogen and oxygen atoms in total. The van der Waals surface area contributed by atoms with Crippen LogP contribution in [0.5, 0.6) is 0 Å². The van der Waals surface area contributed by atoms with Gasteiger partial charge in [-0.3, -0.25) is 0 Å². The number of benzene rings is 1. The first-order valence-electron chi connectivity index (χ1n) is 7.85. The molecule has 3 unspecified atom stereocenters. The van der Waals surface area contributed by atoms with Crippen LogP contribution in [0.25, 0.3) is 0 Å². The summed E-state index contributed by atoms with van der Waals surface area (Å²) >= 11 is 5.23. The highest BCUT2D eigenvalue weighted by atomic mass is 32.1. The lowest BCUT2D eigenvalue weighted by atomic mass is 9.71. The summed E-state index contributed by atoms with van der Waals surface area (Å²) in [5.41, 5.74) is 0.348. The highest BCUT2D eigenvalue weighted by Gasteiger charge is 2.38. The van der Waals surface area contributed by atoms with Gasteiger partial charge in [-0.25, -0.2) is 0 Å². The Morgan fingerprint density at radius 2 is 2.14 bits per heavy atom. The number of rotatable bonds is 4. The van der Waals surface area contributed by atoms with Crippen LogP contribution < -0.4 is 10.6 Å². The summed E-state index contributed by atoms with van der Waals surface area (Å²) in [6, 6.07) is 10.4. The van der Waals surface area contributed by atoms with E-state index in [1.54, 1.807) is 0 Å². The fraction of sp³-hybridized carbons (Fsp3) is 0.588. The van der Waals surface area contributed by atoms with Gasteiger partial charge in [0.05, 0.1) is 5.60 Å². The van der Waals surface area contributed by atoms with E-state index in [-0.39, 0.29) is 0 Å². The van der Waals surface area contributed by atoms with Crippen molar-refractivity contribution >= 4 is 17.3 Å². The summed E-state index contributed by atoms with van der Waals surface area (Å²) in [5, 5.41) is 18.1. The molecular formula is C17H26N2OS. The first-order valence-corrected chi connectivity index (χ1v) is 8.26. The van der Waals surface area contributed by atoms with Crippen LogP contribution in [-0.4, -0.2) is 23.3 Å². The summed E-state index contributed by atoms with van der Waals surface area (Å²) in [4.78, 5) is 0. The molecule has 1 fully saturated rings. The smallest absolute Gasteiger partial charge is 0.166 e. The van der Waals surface area contributed by atoms with Crippen LogP contribution >= 0.6 is 12.2 Å². The average molecular weight is 306 g/mol. The van der Waals surface area contributed by atoms with Crippen molar-refractivity contribution in [1.29, 1.82) is 0 Å². The second-order valence-electron chi connectivity index (χ2n) is 5.99. The van der Waals surface area contributed by atoms with Crippen molar-refractivity contribution in [2.75, 3.05) is 7.05 Å². The van der Waals surface area contributed by atoms with Crippen LogP contribution in [0.2, 0.25) is 0 Å². The molecular weight excluding hydrogens is 280 g/mol. The fourth-order valence-corrected chi connectivity index (χ4v) is 3.59. The molecule has 1 aromatic rings. The van der Waals surface area contributed by atoms with E-state index in [1.807, 2.05) is 37.4 Å². The van der Waals surface area contributed by atoms with Crippen LogP contribution in [0, 0.1) is 5.92 Å². The molecule has 116 valence electrons. The van der Waals surface area contributed by atoms with Gasteiger partial charge < -0.3 is 15.7 Å². The van der Waals surface area contributed by atoms with Gasteiger partial charge in [0.1, 0.15) is 0 Å². The lowest BCUT2D eigenvalue weighted by Gasteiger charge is -2.40. The number of thiocarbonyl (C=S) groups is 1. The van der Waals surface area contributed by atoms with E-state index in [1.165, 1.54) is 0 Å². The van der Waals surface area contributed by atoms with Crippen LogP contribution in [0.1, 0.15) is 44.6 Å². The second-order valence-corrected chi connectivity index (χ2v) is 6.40. The Hall–Kier alpha value is -1.13. The second kappa shape index (κ2) is 7.23. The first-order chi connectivity index (χ1) is 10.1. The molecule has 0 spiro atoms. The summed E-state index contributed by atoms with van der Waals surface area (Å²) in [6.07, 6.45) is 4.86. The molecule has 4 heteroatoms. The van der Waals surface area contributed by atoms with Gasteiger partial charge in [-0.1, -0.05) is 37.3 Å². The minimum absolute atomic E-state index is 0.320. The summed E-state index contributed by atoms with van der Waals surface area (Å²) in [7, 11) is 1.84. The summed E-state index contributed by atoms with van der Waals surface area (Å²) in [5.74, 6) is 0.445. The largest absolute Gasteiger partial charge is 0.385 e. The van der Waals surface area contributed by atoms with E-state index < -0.39 is 5.60 Å². The van der Waals surface area contributed by atoms with Gasteiger partial charge in [-0.05, 0) is 55.8 Å². The molecule has 0 bridgehead atoms. The molecule has 1 saturated carbocycles. The molecule has 0 radical (unpaired) electrons. The summed E-state index contributed by atoms with van der Waals surface area (Å²) in [6.45, 7) is 2.17. The van der Waals surface area contributed by atoms with E-state index in [4.69, 9.17) is 12.2 Å². The Balaban J connectivity index is 2.10. The monoisotopic (exact) mass is 306 g/mol. The molecule has 2 rings (SSSR count). The van der Waals surface area contributed by atoms with Gasteiger partial charge in [-0.15, -0.1) is 0 Å². The van der Waals surface area contributed by atoms with E-state index in [0.29, 0.717) is 17.1 Å². The van der Waals surface area contributed by atoms with E-state index >= 15 is 0 Å². The molecule has 3 atom stereocenters. The lowest BCUT2D eigenvalue weighted by Crippen LogP contribution is -2.47. The Labute approximate surface area is 133 Å². The highest BCUT2D eigenvalue weighted by molar-refractivity contribution is 7.80. The number of aliphatic hydroxyl groups is 1. The van der Waals surface area contributed by atoms with Crippen molar-refractivity contribution in [2.24, 2.45) is 5.92 Å². The van der Waals surface area contributed by atoms with Crippen molar-refractivity contribution in [3.05, 3.63) is 35.9 Å². The third kappa shape index (κ3) is 3.95. The maximum Gasteiger partial charge on any atom is 0.166 e. The van der Waals surface area contributed by atoms with Crippen molar-refractivity contribution in [3.63, 3.8) is 0 Å². The predicted octanol–water partition coefficient (Wildman–Crippen LogP) is 2.94. The SMILES string of the molecule is CCC(NC(=S)NC)C1CCCC(O)(c2ccccc2)C1. The molecule has 3 N–H and O–H groups in total. The quantitative estimate of drug-likeness (QED) is 0.748. The maximum absolute atomic E-state index is 11.1. The lowest BCUT2D eigenvalue weighted by molar-refractivity contribution is -0.0271. The van der Waals surface area contributed by atoms with Gasteiger partial charge in [0.15, 0.2) is 5.11 Å². The zero-order valence-corrected chi connectivity index (χ0v) is 13.7. The molecule has 0 aromatic heterocycles. The maximum atomic E-state index is 11.1. The van der Waals surface area contributed by atoms with Crippen LogP contribution in [0.15, 0.2) is 30.3 Å². The van der Waals surface area contributed by atoms with Crippen LogP contribution in [-0.2, 0) is 5.60 Å². The number of nitrogens with one attached hydrogen (secondary N) is 2. The standard InChI is InChI=1S/C17H26N2OS/c1-3-15(19-16(21)18-2)13-8-7-11-17(20,12-13)14-9-5-4-6-10-14/h4-6,9-10,13,15,20H,3,7-8,11-12H2,1-2H3,(H2,18,19,21). The zero-order chi connectivity index (χ0) is 15.3. The van der Waals surface area contributed by atoms with Crippen molar-refractivity contribution in [1.82, 2.24) is 10.6 Å². The van der Waals surface area contributed by atoms with Gasteiger partial charge in [-0.2, -0.15) is 0 Å². The topological polar surface area (TPSA) is 44.3 Å². The normalized spacial score (nSPS) is 26.9. The fourth-order valence-electron chi connectivity index (χ4n) is 3.44. The van der Waals surface area contributed by atoms with Crippen molar-refractivity contribution in [2.45, 2.75) is 50.7 Å². The number of hydrogen-bond acceptors (Lipinski definition) is 2. The minimum Gasteiger partial charge on any atom is -0.385 e. The van der Waals surface area contributed by atoms with Gasteiger partial charge in [0, 0.05) is 13.1 Å². The van der Waals surface area contributed by atoms with Gasteiger partial charge in [0.2, 0.25) is 0 Å². The highest BCUT2D eigenvalue weighted by Crippen LogP contribution is 2.41. The van der Waals surface area contributed by atoms with E-state index in [9.17, 15) is 5.11 Å². The van der Waals surface area contributed by atoms with E-state index in [2.05, 4.69) is 17.6 Å². The van der Waals surface area contributed by atoms with Gasteiger partial charge >= 0.3 is 0 Å². The average Bonchev–Trinajstić information content (AvgIpc) is 2.53. The van der Waals surface area contributed by atoms with Crippen molar-refractivity contribution < 1.29 is 5.11 Å². The van der Waals surface area contributed by atoms with Crippen LogP contribution in [0.3, 0.4) is 0 Å². The zero-order valence-electron chi connectivity index (χ0n) is 12.9. The Kier molecular flexibility index (Phi) is 5.59. The molecule has 0 saturated heterocycles. The Bertz CT molecular complexity index is 465.